The summed E-state index contributed by atoms with van der Waals surface area (Å²) in [6.45, 7) is 8.96. The molecule has 4 heterocycles. The molecule has 0 amide bonds. The number of fused-ring (bicyclic) bond motifs is 2. The molecule has 0 saturated carbocycles. The third-order valence-corrected chi connectivity index (χ3v) is 6.24. The van der Waals surface area contributed by atoms with Crippen LogP contribution in [0.5, 0.6) is 0 Å². The van der Waals surface area contributed by atoms with Crippen LogP contribution in [0.4, 0.5) is 0 Å². The van der Waals surface area contributed by atoms with Gasteiger partial charge < -0.3 is 10.3 Å². The number of pyridine rings is 1. The molecule has 0 bridgehead atoms. The summed E-state index contributed by atoms with van der Waals surface area (Å²) in [6.07, 6.45) is 4.24. The fourth-order valence-corrected chi connectivity index (χ4v) is 4.74. The van der Waals surface area contributed by atoms with Crippen LogP contribution in [-0.4, -0.2) is 32.7 Å². The van der Waals surface area contributed by atoms with Crippen LogP contribution in [0.25, 0.3) is 27.8 Å². The van der Waals surface area contributed by atoms with Gasteiger partial charge >= 0.3 is 0 Å². The van der Waals surface area contributed by atoms with Crippen LogP contribution in [0.2, 0.25) is 0 Å². The van der Waals surface area contributed by atoms with Crippen molar-refractivity contribution >= 4 is 16.6 Å². The summed E-state index contributed by atoms with van der Waals surface area (Å²) in [4.78, 5) is 3.72. The highest BCUT2D eigenvalue weighted by Crippen LogP contribution is 2.38. The van der Waals surface area contributed by atoms with Gasteiger partial charge in [-0.1, -0.05) is 19.9 Å². The van der Waals surface area contributed by atoms with Crippen LogP contribution in [-0.2, 0) is 0 Å². The van der Waals surface area contributed by atoms with Crippen molar-refractivity contribution < 1.29 is 0 Å². The van der Waals surface area contributed by atoms with E-state index in [4.69, 9.17) is 0 Å². The van der Waals surface area contributed by atoms with E-state index in [1.54, 1.807) is 6.33 Å². The Kier molecular flexibility index (Phi) is 4.20. The lowest BCUT2D eigenvalue weighted by atomic mass is 9.88. The molecule has 5 heteroatoms. The van der Waals surface area contributed by atoms with Crippen molar-refractivity contribution in [2.45, 2.75) is 45.4 Å². The Labute approximate surface area is 165 Å². The first-order chi connectivity index (χ1) is 13.6. The number of aromatic nitrogens is 4. The number of aryl methyl sites for hydroxylation is 1. The molecule has 144 valence electrons. The molecule has 1 aromatic carbocycles. The molecule has 1 fully saturated rings. The molecule has 5 nitrogen and oxygen atoms in total. The molecular weight excluding hydrogens is 346 g/mol. The van der Waals surface area contributed by atoms with E-state index in [0.29, 0.717) is 11.8 Å². The second-order valence-electron chi connectivity index (χ2n) is 8.29. The zero-order valence-electron chi connectivity index (χ0n) is 16.8. The number of hydrogen-bond acceptors (Lipinski definition) is 3. The van der Waals surface area contributed by atoms with Gasteiger partial charge in [0.1, 0.15) is 6.33 Å². The average Bonchev–Trinajstić information content (AvgIpc) is 3.33. The van der Waals surface area contributed by atoms with Gasteiger partial charge in [0.05, 0.1) is 5.69 Å². The first-order valence-electron chi connectivity index (χ1n) is 10.3. The SMILES string of the molecule is Cc1c(-c2[nH]c3ccc(C4CCNCC4)cc3c2C(C)C)ccc2nncn12. The lowest BCUT2D eigenvalue weighted by molar-refractivity contribution is 0.460. The fourth-order valence-electron chi connectivity index (χ4n) is 4.74. The van der Waals surface area contributed by atoms with Crippen LogP contribution in [0.15, 0.2) is 36.7 Å². The zero-order valence-corrected chi connectivity index (χ0v) is 16.8. The van der Waals surface area contributed by atoms with E-state index in [1.165, 1.54) is 46.1 Å². The second kappa shape index (κ2) is 6.74. The minimum Gasteiger partial charge on any atom is -0.354 e. The second-order valence-corrected chi connectivity index (χ2v) is 8.29. The highest BCUT2D eigenvalue weighted by molar-refractivity contribution is 5.92. The normalized spacial score (nSPS) is 15.9. The summed E-state index contributed by atoms with van der Waals surface area (Å²) in [5.74, 6) is 1.10. The minimum absolute atomic E-state index is 0.433. The Bertz CT molecular complexity index is 1140. The number of nitrogens with one attached hydrogen (secondary N) is 2. The van der Waals surface area contributed by atoms with E-state index in [2.05, 4.69) is 69.9 Å². The topological polar surface area (TPSA) is 58.0 Å². The van der Waals surface area contributed by atoms with Crippen molar-refractivity contribution in [3.63, 3.8) is 0 Å². The fraction of sp³-hybridized carbons (Fsp3) is 0.391. The van der Waals surface area contributed by atoms with Gasteiger partial charge in [0, 0.05) is 22.2 Å². The number of H-pyrrole nitrogens is 1. The Morgan fingerprint density at radius 3 is 2.71 bits per heavy atom. The van der Waals surface area contributed by atoms with Crippen molar-refractivity contribution in [3.8, 4) is 11.3 Å². The molecule has 28 heavy (non-hydrogen) atoms. The molecule has 2 N–H and O–H groups in total. The number of benzene rings is 1. The van der Waals surface area contributed by atoms with Gasteiger partial charge in [-0.2, -0.15) is 0 Å². The van der Waals surface area contributed by atoms with Crippen LogP contribution < -0.4 is 5.32 Å². The van der Waals surface area contributed by atoms with Gasteiger partial charge in [-0.15, -0.1) is 10.2 Å². The van der Waals surface area contributed by atoms with Gasteiger partial charge in [0.25, 0.3) is 0 Å². The van der Waals surface area contributed by atoms with Crippen molar-refractivity contribution in [3.05, 3.63) is 53.5 Å². The highest BCUT2D eigenvalue weighted by Gasteiger charge is 2.21. The molecule has 1 saturated heterocycles. The maximum atomic E-state index is 4.18. The van der Waals surface area contributed by atoms with Gasteiger partial charge in [-0.25, -0.2) is 0 Å². The van der Waals surface area contributed by atoms with E-state index in [-0.39, 0.29) is 0 Å². The quantitative estimate of drug-likeness (QED) is 0.543. The predicted molar refractivity (Wildman–Crippen MR) is 114 cm³/mol. The lowest BCUT2D eigenvalue weighted by Gasteiger charge is -2.23. The Hall–Kier alpha value is -2.66. The van der Waals surface area contributed by atoms with E-state index in [1.807, 2.05) is 6.07 Å². The highest BCUT2D eigenvalue weighted by atomic mass is 15.2. The number of aromatic amines is 1. The first-order valence-corrected chi connectivity index (χ1v) is 10.3. The summed E-state index contributed by atoms with van der Waals surface area (Å²) in [5, 5.41) is 13.1. The molecule has 0 aliphatic carbocycles. The molecule has 0 atom stereocenters. The predicted octanol–water partition coefficient (Wildman–Crippen LogP) is 4.78. The summed E-state index contributed by atoms with van der Waals surface area (Å²) >= 11 is 0. The van der Waals surface area contributed by atoms with Crippen LogP contribution in [0, 0.1) is 6.92 Å². The molecule has 0 radical (unpaired) electrons. The minimum atomic E-state index is 0.433. The van der Waals surface area contributed by atoms with Gasteiger partial charge in [0.2, 0.25) is 0 Å². The van der Waals surface area contributed by atoms with Crippen molar-refractivity contribution in [1.29, 1.82) is 0 Å². The van der Waals surface area contributed by atoms with Crippen molar-refractivity contribution in [2.75, 3.05) is 13.1 Å². The smallest absolute Gasteiger partial charge is 0.160 e. The van der Waals surface area contributed by atoms with Gasteiger partial charge in [0.15, 0.2) is 5.65 Å². The third kappa shape index (κ3) is 2.73. The number of hydrogen-bond donors (Lipinski definition) is 2. The maximum Gasteiger partial charge on any atom is 0.160 e. The van der Waals surface area contributed by atoms with Gasteiger partial charge in [-0.3, -0.25) is 4.40 Å². The Morgan fingerprint density at radius 1 is 1.11 bits per heavy atom. The molecule has 0 unspecified atom stereocenters. The molecule has 1 aliphatic rings. The summed E-state index contributed by atoms with van der Waals surface area (Å²) in [5.41, 5.74) is 8.59. The summed E-state index contributed by atoms with van der Waals surface area (Å²) in [7, 11) is 0. The third-order valence-electron chi connectivity index (χ3n) is 6.24. The summed E-state index contributed by atoms with van der Waals surface area (Å²) in [6, 6.07) is 11.2. The van der Waals surface area contributed by atoms with E-state index in [9.17, 15) is 0 Å². The molecular formula is C23H27N5. The zero-order chi connectivity index (χ0) is 19.3. The molecule has 4 aromatic rings. The van der Waals surface area contributed by atoms with E-state index < -0.39 is 0 Å². The van der Waals surface area contributed by atoms with Crippen LogP contribution in [0.3, 0.4) is 0 Å². The monoisotopic (exact) mass is 373 g/mol. The Balaban J connectivity index is 1.70. The molecule has 3 aromatic heterocycles. The number of piperidine rings is 1. The largest absolute Gasteiger partial charge is 0.354 e. The number of rotatable bonds is 3. The Morgan fingerprint density at radius 2 is 1.93 bits per heavy atom. The van der Waals surface area contributed by atoms with Crippen LogP contribution in [0.1, 0.15) is 55.3 Å². The van der Waals surface area contributed by atoms with Gasteiger partial charge in [-0.05, 0) is 80.1 Å². The first kappa shape index (κ1) is 17.4. The van der Waals surface area contributed by atoms with E-state index >= 15 is 0 Å². The number of nitrogens with zero attached hydrogens (tertiary/aromatic N) is 3. The summed E-state index contributed by atoms with van der Waals surface area (Å²) < 4.78 is 2.06. The molecule has 0 spiro atoms. The molecule has 5 rings (SSSR count). The average molecular weight is 374 g/mol. The van der Waals surface area contributed by atoms with Crippen molar-refractivity contribution in [1.82, 2.24) is 24.9 Å². The lowest BCUT2D eigenvalue weighted by Crippen LogP contribution is -2.26. The van der Waals surface area contributed by atoms with E-state index in [0.717, 1.165) is 24.4 Å². The molecule has 1 aliphatic heterocycles. The standard InChI is InChI=1S/C23H27N5/c1-14(2)22-19-12-17(16-8-10-24-11-9-16)4-6-20(19)26-23(22)18-5-7-21-27-25-13-28(21)15(18)3/h4-7,12-14,16,24,26H,8-11H2,1-3H3. The van der Waals surface area contributed by atoms with Crippen molar-refractivity contribution in [2.24, 2.45) is 0 Å². The maximum absolute atomic E-state index is 4.18. The van der Waals surface area contributed by atoms with Crippen LogP contribution >= 0.6 is 0 Å².